The topological polar surface area (TPSA) is 47.6 Å². The van der Waals surface area contributed by atoms with Crippen molar-refractivity contribution in [1.29, 1.82) is 0 Å². The molecule has 1 unspecified atom stereocenters. The summed E-state index contributed by atoms with van der Waals surface area (Å²) in [4.78, 5) is 12.9. The van der Waals surface area contributed by atoms with Crippen LogP contribution in [0, 0.1) is 17.8 Å². The summed E-state index contributed by atoms with van der Waals surface area (Å²) < 4.78 is 10.6. The fraction of sp³-hybridized carbons (Fsp3) is 0.500. The minimum Gasteiger partial charge on any atom is -0.497 e. The van der Waals surface area contributed by atoms with Crippen LogP contribution in [-0.4, -0.2) is 20.1 Å². The molecule has 26 heavy (non-hydrogen) atoms. The Bertz CT molecular complexity index is 656. The van der Waals surface area contributed by atoms with Crippen LogP contribution in [0.15, 0.2) is 42.5 Å². The molecule has 1 aromatic carbocycles. The molecule has 1 amide bonds. The number of fused-ring (bicyclic) bond motifs is 1. The number of allylic oxidation sites excluding steroid dienone is 4. The first-order chi connectivity index (χ1) is 12.7. The molecule has 2 aliphatic rings. The van der Waals surface area contributed by atoms with Crippen molar-refractivity contribution in [2.45, 2.75) is 38.5 Å². The second-order valence-corrected chi connectivity index (χ2v) is 7.08. The van der Waals surface area contributed by atoms with E-state index in [0.717, 1.165) is 38.5 Å². The average molecular weight is 355 g/mol. The number of carbonyl (C=O) groups excluding carboxylic acids is 1. The highest BCUT2D eigenvalue weighted by Gasteiger charge is 2.52. The van der Waals surface area contributed by atoms with E-state index < -0.39 is 0 Å². The van der Waals surface area contributed by atoms with Gasteiger partial charge in [0.05, 0.1) is 19.9 Å². The molecule has 0 saturated heterocycles. The van der Waals surface area contributed by atoms with E-state index in [2.05, 4.69) is 29.6 Å². The van der Waals surface area contributed by atoms with Crippen LogP contribution in [0.1, 0.15) is 38.5 Å². The van der Waals surface area contributed by atoms with Crippen molar-refractivity contribution in [1.82, 2.24) is 0 Å². The van der Waals surface area contributed by atoms with E-state index in [9.17, 15) is 4.79 Å². The van der Waals surface area contributed by atoms with E-state index in [4.69, 9.17) is 9.47 Å². The van der Waals surface area contributed by atoms with Crippen LogP contribution in [0.5, 0.6) is 11.5 Å². The third-order valence-corrected chi connectivity index (χ3v) is 5.47. The molecule has 4 heteroatoms. The van der Waals surface area contributed by atoms with Gasteiger partial charge in [0.15, 0.2) is 0 Å². The van der Waals surface area contributed by atoms with Crippen LogP contribution in [0.4, 0.5) is 5.69 Å². The average Bonchev–Trinajstić information content (AvgIpc) is 3.34. The number of rotatable bonds is 4. The van der Waals surface area contributed by atoms with E-state index in [0.29, 0.717) is 29.0 Å². The Kier molecular flexibility index (Phi) is 6.37. The molecule has 1 saturated carbocycles. The molecule has 140 valence electrons. The summed E-state index contributed by atoms with van der Waals surface area (Å²) in [6, 6.07) is 5.47. The largest absolute Gasteiger partial charge is 0.497 e. The molecule has 0 bridgehead atoms. The lowest BCUT2D eigenvalue weighted by Crippen LogP contribution is -2.16. The molecule has 4 nitrogen and oxygen atoms in total. The summed E-state index contributed by atoms with van der Waals surface area (Å²) in [6.45, 7) is 0. The summed E-state index contributed by atoms with van der Waals surface area (Å²) in [5.41, 5.74) is 0.680. The van der Waals surface area contributed by atoms with Gasteiger partial charge >= 0.3 is 0 Å². The molecular formula is C22H29NO3. The second-order valence-electron chi connectivity index (χ2n) is 7.08. The van der Waals surface area contributed by atoms with Gasteiger partial charge in [0.2, 0.25) is 5.91 Å². The molecule has 0 aliphatic heterocycles. The molecule has 0 aromatic heterocycles. The quantitative estimate of drug-likeness (QED) is 0.776. The highest BCUT2D eigenvalue weighted by atomic mass is 16.5. The van der Waals surface area contributed by atoms with Crippen molar-refractivity contribution in [3.8, 4) is 11.5 Å². The van der Waals surface area contributed by atoms with Gasteiger partial charge in [-0.15, -0.1) is 0 Å². The summed E-state index contributed by atoms with van der Waals surface area (Å²) in [7, 11) is 3.23. The Hall–Kier alpha value is -2.23. The summed E-state index contributed by atoms with van der Waals surface area (Å²) in [5.74, 6) is 2.55. The van der Waals surface area contributed by atoms with E-state index in [1.807, 2.05) is 18.2 Å². The van der Waals surface area contributed by atoms with E-state index in [1.165, 1.54) is 0 Å². The number of methoxy groups -OCH3 is 2. The monoisotopic (exact) mass is 355 g/mol. The Morgan fingerprint density at radius 1 is 0.923 bits per heavy atom. The summed E-state index contributed by atoms with van der Waals surface area (Å²) >= 11 is 0. The van der Waals surface area contributed by atoms with Crippen molar-refractivity contribution in [2.24, 2.45) is 17.8 Å². The van der Waals surface area contributed by atoms with Crippen LogP contribution in [0.3, 0.4) is 0 Å². The van der Waals surface area contributed by atoms with Crippen LogP contribution in [-0.2, 0) is 4.79 Å². The number of hydrogen-bond donors (Lipinski definition) is 1. The Morgan fingerprint density at radius 3 is 2.12 bits per heavy atom. The maximum atomic E-state index is 12.9. The highest BCUT2D eigenvalue weighted by Crippen LogP contribution is 2.53. The normalized spacial score (nSPS) is 27.8. The van der Waals surface area contributed by atoms with Gasteiger partial charge in [-0.2, -0.15) is 0 Å². The first-order valence-electron chi connectivity index (χ1n) is 9.57. The Labute approximate surface area is 156 Å². The maximum absolute atomic E-state index is 12.9. The first kappa shape index (κ1) is 18.6. The summed E-state index contributed by atoms with van der Waals surface area (Å²) in [5, 5.41) is 3.07. The number of anilines is 1. The number of amides is 1. The van der Waals surface area contributed by atoms with Gasteiger partial charge in [-0.25, -0.2) is 0 Å². The van der Waals surface area contributed by atoms with Crippen molar-refractivity contribution in [3.05, 3.63) is 42.5 Å². The van der Waals surface area contributed by atoms with E-state index in [-0.39, 0.29) is 11.8 Å². The van der Waals surface area contributed by atoms with E-state index in [1.54, 1.807) is 14.2 Å². The molecule has 1 N–H and O–H groups in total. The lowest BCUT2D eigenvalue weighted by Gasteiger charge is -2.12. The van der Waals surface area contributed by atoms with Crippen LogP contribution >= 0.6 is 0 Å². The molecule has 2 aliphatic carbocycles. The SMILES string of the molecule is COc1ccc(OC)c(NC(=O)C2[C@H]3CC/C=C\CC/C=C\CC[C@@H]23)c1. The summed E-state index contributed by atoms with van der Waals surface area (Å²) in [6.07, 6.45) is 15.6. The molecule has 0 radical (unpaired) electrons. The molecule has 1 fully saturated rings. The van der Waals surface area contributed by atoms with Crippen molar-refractivity contribution in [3.63, 3.8) is 0 Å². The molecule has 1 aromatic rings. The number of ether oxygens (including phenoxy) is 2. The zero-order valence-electron chi connectivity index (χ0n) is 15.7. The van der Waals surface area contributed by atoms with Crippen LogP contribution < -0.4 is 14.8 Å². The standard InChI is InChI=1S/C22H29NO3/c1-25-16-13-14-20(26-2)19(15-16)23-22(24)21-17-11-9-7-5-3-4-6-8-10-12-18(17)21/h5-8,13-15,17-18,21H,3-4,9-12H2,1-2H3,(H,23,24)/b7-5-,8-6-/t17-,18+,21?. The van der Waals surface area contributed by atoms with Gasteiger partial charge < -0.3 is 14.8 Å². The number of nitrogens with one attached hydrogen (secondary N) is 1. The minimum atomic E-state index is 0.105. The van der Waals surface area contributed by atoms with Gasteiger partial charge in [-0.05, 0) is 62.5 Å². The van der Waals surface area contributed by atoms with Gasteiger partial charge in [0.25, 0.3) is 0 Å². The minimum absolute atomic E-state index is 0.105. The first-order valence-corrected chi connectivity index (χ1v) is 9.57. The zero-order valence-corrected chi connectivity index (χ0v) is 15.7. The van der Waals surface area contributed by atoms with Crippen molar-refractivity contribution >= 4 is 11.6 Å². The van der Waals surface area contributed by atoms with Crippen molar-refractivity contribution in [2.75, 3.05) is 19.5 Å². The molecule has 0 heterocycles. The second kappa shape index (κ2) is 8.93. The van der Waals surface area contributed by atoms with Crippen molar-refractivity contribution < 1.29 is 14.3 Å². The Balaban J connectivity index is 1.68. The maximum Gasteiger partial charge on any atom is 0.228 e. The lowest BCUT2D eigenvalue weighted by atomic mass is 10.1. The van der Waals surface area contributed by atoms with Gasteiger partial charge in [0.1, 0.15) is 11.5 Å². The fourth-order valence-electron chi connectivity index (χ4n) is 3.99. The molecule has 0 spiro atoms. The smallest absolute Gasteiger partial charge is 0.228 e. The molecular weight excluding hydrogens is 326 g/mol. The van der Waals surface area contributed by atoms with Gasteiger partial charge in [0, 0.05) is 12.0 Å². The van der Waals surface area contributed by atoms with Crippen LogP contribution in [0.2, 0.25) is 0 Å². The third-order valence-electron chi connectivity index (χ3n) is 5.47. The number of hydrogen-bond acceptors (Lipinski definition) is 3. The van der Waals surface area contributed by atoms with Gasteiger partial charge in [-0.3, -0.25) is 4.79 Å². The molecule has 3 atom stereocenters. The zero-order chi connectivity index (χ0) is 18.4. The van der Waals surface area contributed by atoms with Gasteiger partial charge in [-0.1, -0.05) is 24.3 Å². The van der Waals surface area contributed by atoms with E-state index >= 15 is 0 Å². The Morgan fingerprint density at radius 2 is 1.54 bits per heavy atom. The fourth-order valence-corrected chi connectivity index (χ4v) is 3.99. The lowest BCUT2D eigenvalue weighted by molar-refractivity contribution is -0.117. The van der Waals surface area contributed by atoms with Crippen LogP contribution in [0.25, 0.3) is 0 Å². The highest BCUT2D eigenvalue weighted by molar-refractivity contribution is 5.96. The third kappa shape index (κ3) is 4.48. The predicted molar refractivity (Wildman–Crippen MR) is 105 cm³/mol. The molecule has 3 rings (SSSR count). The number of carbonyl (C=O) groups is 1. The predicted octanol–water partition coefficient (Wildman–Crippen LogP) is 4.97. The number of benzene rings is 1.